The summed E-state index contributed by atoms with van der Waals surface area (Å²) in [5.41, 5.74) is 27.7. The molecule has 18 atom stereocenters. The number of carbonyl (C=O) groups is 4. The maximum Gasteiger partial charge on any atom is 0.407 e. The van der Waals surface area contributed by atoms with Gasteiger partial charge in [0.05, 0.1) is 12.1 Å². The Hall–Kier alpha value is -4.66. The van der Waals surface area contributed by atoms with Crippen LogP contribution in [0.15, 0.2) is 23.3 Å². The molecule has 0 spiro atoms. The predicted molar refractivity (Wildman–Crippen MR) is 419 cm³/mol. The van der Waals surface area contributed by atoms with Gasteiger partial charge in [-0.25, -0.2) is 9.59 Å². The van der Waals surface area contributed by atoms with Crippen molar-refractivity contribution in [1.29, 1.82) is 10.8 Å². The minimum atomic E-state index is -0.659. The number of nitrogens with two attached hydrogens (primary N) is 4. The van der Waals surface area contributed by atoms with Crippen molar-refractivity contribution in [1.82, 2.24) is 41.7 Å². The van der Waals surface area contributed by atoms with Crippen molar-refractivity contribution in [2.24, 2.45) is 116 Å². The fraction of sp³-hybridized carbons (Fsp3) is 0.880. The van der Waals surface area contributed by atoms with Gasteiger partial charge in [0.25, 0.3) is 0 Å². The van der Waals surface area contributed by atoms with E-state index in [1.54, 1.807) is 0 Å². The van der Waals surface area contributed by atoms with E-state index in [2.05, 4.69) is 123 Å². The van der Waals surface area contributed by atoms with Gasteiger partial charge in [-0.3, -0.25) is 20.4 Å². The van der Waals surface area contributed by atoms with Gasteiger partial charge in [0.1, 0.15) is 12.2 Å². The molecule has 103 heavy (non-hydrogen) atoms. The molecule has 0 heterocycles. The second-order valence-electron chi connectivity index (χ2n) is 36.2. The van der Waals surface area contributed by atoms with Crippen molar-refractivity contribution in [2.75, 3.05) is 78.5 Å². The second kappa shape index (κ2) is 40.0. The number of nitrogens with zero attached hydrogens (tertiary/aromatic N) is 2. The normalized spacial score (nSPS) is 31.1. The summed E-state index contributed by atoms with van der Waals surface area (Å²) in [4.78, 5) is 58.1. The van der Waals surface area contributed by atoms with Crippen LogP contribution in [0.1, 0.15) is 268 Å². The minimum Gasteiger partial charge on any atom is -0.446 e. The van der Waals surface area contributed by atoms with E-state index < -0.39 is 12.1 Å². The van der Waals surface area contributed by atoms with Crippen LogP contribution in [0.5, 0.6) is 0 Å². The highest BCUT2D eigenvalue weighted by Crippen LogP contribution is 2.69. The number of fused-ring (bicyclic) bond motifs is 10. The van der Waals surface area contributed by atoms with E-state index >= 15 is 0 Å². The fourth-order valence-corrected chi connectivity index (χ4v) is 22.7. The quantitative estimate of drug-likeness (QED) is 0.0117. The van der Waals surface area contributed by atoms with Crippen LogP contribution < -0.4 is 54.8 Å². The van der Waals surface area contributed by atoms with E-state index in [-0.39, 0.29) is 59.0 Å². The Morgan fingerprint density at radius 1 is 0.447 bits per heavy atom. The molecule has 6 fully saturated rings. The zero-order chi connectivity index (χ0) is 74.5. The predicted octanol–water partition coefficient (Wildman–Crippen LogP) is 13.2. The molecular weight excluding hydrogens is 1290 g/mol. The van der Waals surface area contributed by atoms with Crippen LogP contribution in [0.3, 0.4) is 0 Å². The van der Waals surface area contributed by atoms with Crippen LogP contribution >= 0.6 is 0 Å². The first-order valence-electron chi connectivity index (χ1n) is 42.1. The van der Waals surface area contributed by atoms with E-state index in [1.165, 1.54) is 114 Å². The lowest BCUT2D eigenvalue weighted by molar-refractivity contribution is -0.123. The summed E-state index contributed by atoms with van der Waals surface area (Å²) in [6.45, 7) is 32.4. The molecule has 0 bridgehead atoms. The van der Waals surface area contributed by atoms with Crippen LogP contribution in [-0.4, -0.2) is 149 Å². The summed E-state index contributed by atoms with van der Waals surface area (Å²) >= 11 is 0. The molecule has 18 unspecified atom stereocenters. The molecule has 4 amide bonds. The van der Waals surface area contributed by atoms with E-state index in [4.69, 9.17) is 43.2 Å². The molecule has 8 rings (SSSR count). The number of hydrogen-bond donors (Lipinski definition) is 12. The van der Waals surface area contributed by atoms with Crippen molar-refractivity contribution < 1.29 is 28.7 Å². The molecule has 6 saturated carbocycles. The first-order chi connectivity index (χ1) is 49.1. The molecule has 0 aromatic rings. The third kappa shape index (κ3) is 23.2. The van der Waals surface area contributed by atoms with Gasteiger partial charge in [-0.1, -0.05) is 131 Å². The van der Waals surface area contributed by atoms with Crippen LogP contribution in [0.25, 0.3) is 0 Å². The van der Waals surface area contributed by atoms with Gasteiger partial charge < -0.3 is 74.1 Å². The van der Waals surface area contributed by atoms with Gasteiger partial charge in [0.15, 0.2) is 11.9 Å². The highest BCUT2D eigenvalue weighted by Gasteiger charge is 2.61. The molecule has 588 valence electrons. The highest BCUT2D eigenvalue weighted by molar-refractivity contribution is 5.82. The molecular formula is C83H150N14O6. The Labute approximate surface area is 624 Å². The third-order valence-corrected chi connectivity index (χ3v) is 28.4. The number of carbonyl (C=O) groups excluding carboxylic acids is 4. The number of alkyl carbamates (subject to hydrolysis) is 2. The van der Waals surface area contributed by atoms with Gasteiger partial charge in [-0.15, -0.1) is 0 Å². The van der Waals surface area contributed by atoms with Crippen LogP contribution in [0.2, 0.25) is 0 Å². The molecule has 8 aliphatic carbocycles. The maximum absolute atomic E-state index is 13.6. The summed E-state index contributed by atoms with van der Waals surface area (Å²) in [7, 11) is 0. The summed E-state index contributed by atoms with van der Waals surface area (Å²) in [5, 5.41) is 32.7. The van der Waals surface area contributed by atoms with Gasteiger partial charge >= 0.3 is 12.2 Å². The average Bonchev–Trinajstić information content (AvgIpc) is 1.69. The summed E-state index contributed by atoms with van der Waals surface area (Å²) in [5.74, 6) is 8.83. The number of amides is 4. The summed E-state index contributed by atoms with van der Waals surface area (Å²) in [6.07, 6.45) is 37.2. The largest absolute Gasteiger partial charge is 0.446 e. The molecule has 0 aromatic heterocycles. The van der Waals surface area contributed by atoms with Crippen molar-refractivity contribution in [3.63, 3.8) is 0 Å². The number of allylic oxidation sites excluding steroid dienone is 2. The molecule has 16 N–H and O–H groups in total. The Morgan fingerprint density at radius 3 is 1.17 bits per heavy atom. The number of guanidine groups is 2. The van der Waals surface area contributed by atoms with Gasteiger partial charge in [0.2, 0.25) is 11.8 Å². The molecule has 20 nitrogen and oxygen atoms in total. The number of nitrogens with one attached hydrogen (secondary N) is 8. The Balaban J connectivity index is 0.813. The van der Waals surface area contributed by atoms with Gasteiger partial charge in [-0.2, -0.15) is 0 Å². The molecule has 8 aliphatic rings. The summed E-state index contributed by atoms with van der Waals surface area (Å²) in [6, 6.07) is -1.32. The van der Waals surface area contributed by atoms with Crippen molar-refractivity contribution >= 4 is 35.9 Å². The van der Waals surface area contributed by atoms with E-state index in [0.717, 1.165) is 156 Å². The molecule has 0 aliphatic heterocycles. The first kappa shape index (κ1) is 84.0. The van der Waals surface area contributed by atoms with Crippen molar-refractivity contribution in [3.05, 3.63) is 23.3 Å². The Kier molecular flexibility index (Phi) is 32.6. The molecule has 0 radical (unpaired) electrons. The van der Waals surface area contributed by atoms with Crippen LogP contribution in [0, 0.1) is 103 Å². The smallest absolute Gasteiger partial charge is 0.407 e. The highest BCUT2D eigenvalue weighted by atomic mass is 16.6. The van der Waals surface area contributed by atoms with Crippen molar-refractivity contribution in [2.45, 2.75) is 293 Å². The minimum absolute atomic E-state index is 0.105. The molecule has 0 saturated heterocycles. The van der Waals surface area contributed by atoms with Gasteiger partial charge in [-0.05, 0) is 280 Å². The lowest BCUT2D eigenvalue weighted by Gasteiger charge is -2.58. The molecule has 0 aromatic carbocycles. The monoisotopic (exact) mass is 1440 g/mol. The second-order valence-corrected chi connectivity index (χ2v) is 36.2. The lowest BCUT2D eigenvalue weighted by atomic mass is 9.47. The number of rotatable bonds is 42. The zero-order valence-electron chi connectivity index (χ0n) is 66.5. The first-order valence-corrected chi connectivity index (χ1v) is 42.1. The Bertz CT molecular complexity index is 2590. The van der Waals surface area contributed by atoms with E-state index in [1.807, 2.05) is 0 Å². The number of hydrogen-bond acceptors (Lipinski definition) is 12. The maximum atomic E-state index is 13.6. The summed E-state index contributed by atoms with van der Waals surface area (Å²) < 4.78 is 12.5. The number of ether oxygens (including phenoxy) is 2. The standard InChI is InChI=1S/C83H150N14O6/c1-56(2)20-11-22-58(5)66-30-32-68-64-28-26-60-54-62(34-38-80(60,7)70(64)36-40-82(66,68)9)102-78(100)94-46-17-50-96(48-15-44-90-74(98)72(84)24-13-42-92-76(86)87)52-19-53-97(49-16-45-91-75(99)73(85)25-14-43-93-77(88)89)51-18-47-95-79(101)103-63-35-39-81(8)61(55-63)27-29-65-69-33-31-67(59(6)23-12-21-57(3)4)83(69,10)41-37-71(65)81/h26-27,56-59,62-73H,11-25,28-55,84-85H2,1-10H3,(H,90,98)(H,91,99)(H,94,100)(H,95,101)(H4,86,87,92)(H4,88,89,93). The topological polar surface area (TPSA) is 317 Å². The molecule has 20 heteroatoms. The zero-order valence-corrected chi connectivity index (χ0v) is 66.5. The van der Waals surface area contributed by atoms with E-state index in [9.17, 15) is 19.2 Å². The third-order valence-electron chi connectivity index (χ3n) is 28.4. The average molecular weight is 1440 g/mol. The Morgan fingerprint density at radius 2 is 0.806 bits per heavy atom. The SMILES string of the molecule is CC(C)CCCC(C)C1CCC2C3CC=C4CC(OC(=O)NCCCN(CCCNC(=O)C(N)CCCNC(=N)N)CCCN(CCCNC(=O)OC5CCC6(C)C(=CCC7C6CCC6(C)C(C(C)CCCC(C)C)CCC76)C5)CCCNC(=O)C(N)CCCNC(=N)N)CCC4(C)C3CCC12C. The van der Waals surface area contributed by atoms with Crippen LogP contribution in [0.4, 0.5) is 9.59 Å². The van der Waals surface area contributed by atoms with E-state index in [0.29, 0.717) is 100 Å². The lowest BCUT2D eigenvalue weighted by Crippen LogP contribution is -2.51. The van der Waals surface area contributed by atoms with Gasteiger partial charge in [0, 0.05) is 52.1 Å². The fourth-order valence-electron chi connectivity index (χ4n) is 22.7. The van der Waals surface area contributed by atoms with Crippen LogP contribution in [-0.2, 0) is 19.1 Å². The van der Waals surface area contributed by atoms with Crippen molar-refractivity contribution in [3.8, 4) is 0 Å².